The van der Waals surface area contributed by atoms with Crippen molar-refractivity contribution in [1.82, 2.24) is 10.2 Å². The molecule has 0 bridgehead atoms. The van der Waals surface area contributed by atoms with Crippen molar-refractivity contribution in [3.05, 3.63) is 23.8 Å². The van der Waals surface area contributed by atoms with E-state index in [2.05, 4.69) is 10.2 Å². The summed E-state index contributed by atoms with van der Waals surface area (Å²) in [5.41, 5.74) is 7.68. The van der Waals surface area contributed by atoms with E-state index >= 15 is 0 Å². The normalized spacial score (nSPS) is 10.5. The summed E-state index contributed by atoms with van der Waals surface area (Å²) in [6, 6.07) is 5.83. The van der Waals surface area contributed by atoms with Crippen LogP contribution < -0.4 is 15.4 Å². The number of hydrogen-bond donors (Lipinski definition) is 1. The highest BCUT2D eigenvalue weighted by Crippen LogP contribution is 2.31. The number of nitrogens with zero attached hydrogens (tertiary/aromatic N) is 3. The summed E-state index contributed by atoms with van der Waals surface area (Å²) in [5, 5.41) is 9.16. The predicted octanol–water partition coefficient (Wildman–Crippen LogP) is 2.49. The van der Waals surface area contributed by atoms with E-state index in [1.54, 1.807) is 30.2 Å². The topological polar surface area (TPSA) is 64.3 Å². The van der Waals surface area contributed by atoms with Crippen LogP contribution in [0.1, 0.15) is 5.56 Å². The van der Waals surface area contributed by atoms with Crippen LogP contribution in [0.5, 0.6) is 5.75 Å². The van der Waals surface area contributed by atoms with Gasteiger partial charge in [0.1, 0.15) is 5.75 Å². The van der Waals surface area contributed by atoms with Crippen molar-refractivity contribution >= 4 is 33.9 Å². The Kier molecular flexibility index (Phi) is 4.49. The van der Waals surface area contributed by atoms with Crippen molar-refractivity contribution < 1.29 is 4.74 Å². The van der Waals surface area contributed by atoms with Gasteiger partial charge in [0.2, 0.25) is 5.13 Å². The Bertz CT molecular complexity index is 556. The zero-order valence-electron chi connectivity index (χ0n) is 11.1. The third-order valence-corrected chi connectivity index (χ3v) is 4.73. The molecule has 0 aliphatic rings. The lowest BCUT2D eigenvalue weighted by molar-refractivity contribution is 0.417. The van der Waals surface area contributed by atoms with Crippen LogP contribution >= 0.6 is 23.1 Å². The Labute approximate surface area is 120 Å². The van der Waals surface area contributed by atoms with Crippen molar-refractivity contribution in [2.45, 2.75) is 10.1 Å². The van der Waals surface area contributed by atoms with E-state index in [0.717, 1.165) is 20.8 Å². The van der Waals surface area contributed by atoms with Crippen LogP contribution in [0, 0.1) is 0 Å². The molecule has 2 rings (SSSR count). The first kappa shape index (κ1) is 14.0. The maximum atomic E-state index is 5.88. The molecule has 0 aliphatic heterocycles. The average molecular weight is 296 g/mol. The summed E-state index contributed by atoms with van der Waals surface area (Å²) in [7, 11) is 5.53. The molecule has 1 heterocycles. The number of methoxy groups -OCH3 is 1. The van der Waals surface area contributed by atoms with Crippen LogP contribution in [-0.4, -0.2) is 31.4 Å². The molecule has 0 saturated heterocycles. The minimum absolute atomic E-state index is 0.659. The van der Waals surface area contributed by atoms with Gasteiger partial charge in [0.15, 0.2) is 4.34 Å². The molecule has 0 radical (unpaired) electrons. The van der Waals surface area contributed by atoms with Gasteiger partial charge >= 0.3 is 0 Å². The molecular weight excluding hydrogens is 280 g/mol. The maximum Gasteiger partial charge on any atom is 0.208 e. The fraction of sp³-hybridized carbons (Fsp3) is 0.333. The second-order valence-electron chi connectivity index (χ2n) is 4.11. The molecular formula is C12H16N4OS2. The van der Waals surface area contributed by atoms with Crippen LogP contribution in [0.2, 0.25) is 0 Å². The van der Waals surface area contributed by atoms with Crippen molar-refractivity contribution in [2.75, 3.05) is 31.8 Å². The summed E-state index contributed by atoms with van der Waals surface area (Å²) in [5.74, 6) is 1.52. The number of nitrogens with two attached hydrogens (primary N) is 1. The van der Waals surface area contributed by atoms with Gasteiger partial charge in [0.05, 0.1) is 12.8 Å². The monoisotopic (exact) mass is 296 g/mol. The third kappa shape index (κ3) is 3.51. The number of aromatic nitrogens is 2. The van der Waals surface area contributed by atoms with E-state index in [9.17, 15) is 0 Å². The number of ether oxygens (including phenoxy) is 1. The number of thioether (sulfide) groups is 1. The van der Waals surface area contributed by atoms with Gasteiger partial charge in [-0.25, -0.2) is 0 Å². The number of benzene rings is 1. The molecule has 0 aliphatic carbocycles. The minimum Gasteiger partial charge on any atom is -0.495 e. The Morgan fingerprint density at radius 2 is 2.16 bits per heavy atom. The van der Waals surface area contributed by atoms with Gasteiger partial charge in [-0.2, -0.15) is 0 Å². The quantitative estimate of drug-likeness (QED) is 0.675. The lowest BCUT2D eigenvalue weighted by Crippen LogP contribution is -2.07. The van der Waals surface area contributed by atoms with E-state index < -0.39 is 0 Å². The molecule has 0 atom stereocenters. The van der Waals surface area contributed by atoms with Crippen LogP contribution in [0.4, 0.5) is 10.8 Å². The van der Waals surface area contributed by atoms with Crippen molar-refractivity contribution in [2.24, 2.45) is 0 Å². The summed E-state index contributed by atoms with van der Waals surface area (Å²) in [6.07, 6.45) is 0. The maximum absolute atomic E-state index is 5.88. The molecule has 0 fully saturated rings. The average Bonchev–Trinajstić information content (AvgIpc) is 2.85. The zero-order chi connectivity index (χ0) is 13.8. The van der Waals surface area contributed by atoms with Gasteiger partial charge in [-0.05, 0) is 17.7 Å². The fourth-order valence-electron chi connectivity index (χ4n) is 1.46. The zero-order valence-corrected chi connectivity index (χ0v) is 12.7. The summed E-state index contributed by atoms with van der Waals surface area (Å²) in [4.78, 5) is 1.95. The highest BCUT2D eigenvalue weighted by molar-refractivity contribution is 8.00. The second kappa shape index (κ2) is 6.12. The van der Waals surface area contributed by atoms with Gasteiger partial charge in [0, 0.05) is 19.8 Å². The van der Waals surface area contributed by atoms with Gasteiger partial charge in [-0.1, -0.05) is 29.2 Å². The third-order valence-electron chi connectivity index (χ3n) is 2.43. The number of rotatable bonds is 5. The molecule has 1 aromatic carbocycles. The molecule has 0 unspecified atom stereocenters. The molecule has 1 aromatic heterocycles. The largest absolute Gasteiger partial charge is 0.495 e. The summed E-state index contributed by atoms with van der Waals surface area (Å²) >= 11 is 3.24. The Hall–Kier alpha value is -1.47. The standard InChI is InChI=1S/C12H16N4OS2/c1-16(2)11-14-15-12(19-11)18-7-8-4-5-10(17-3)9(13)6-8/h4-6H,7,13H2,1-3H3. The molecule has 7 heteroatoms. The van der Waals surface area contributed by atoms with Gasteiger partial charge < -0.3 is 15.4 Å². The molecule has 0 saturated carbocycles. The van der Waals surface area contributed by atoms with E-state index in [-0.39, 0.29) is 0 Å². The van der Waals surface area contributed by atoms with Crippen LogP contribution in [0.25, 0.3) is 0 Å². The van der Waals surface area contributed by atoms with E-state index in [1.807, 2.05) is 37.2 Å². The van der Waals surface area contributed by atoms with Crippen LogP contribution in [0.15, 0.2) is 22.5 Å². The van der Waals surface area contributed by atoms with Crippen molar-refractivity contribution in [3.8, 4) is 5.75 Å². The molecule has 102 valence electrons. The second-order valence-corrected chi connectivity index (χ2v) is 6.29. The minimum atomic E-state index is 0.659. The van der Waals surface area contributed by atoms with E-state index in [1.165, 1.54) is 0 Å². The molecule has 2 aromatic rings. The van der Waals surface area contributed by atoms with Crippen molar-refractivity contribution in [3.63, 3.8) is 0 Å². The smallest absolute Gasteiger partial charge is 0.208 e. The first-order chi connectivity index (χ1) is 9.10. The number of anilines is 2. The van der Waals surface area contributed by atoms with Gasteiger partial charge in [-0.15, -0.1) is 10.2 Å². The number of hydrogen-bond acceptors (Lipinski definition) is 7. The Morgan fingerprint density at radius 1 is 1.37 bits per heavy atom. The summed E-state index contributed by atoms with van der Waals surface area (Å²) < 4.78 is 6.09. The Balaban J connectivity index is 1.99. The Morgan fingerprint density at radius 3 is 2.74 bits per heavy atom. The molecule has 2 N–H and O–H groups in total. The van der Waals surface area contributed by atoms with Gasteiger partial charge in [0.25, 0.3) is 0 Å². The van der Waals surface area contributed by atoms with Crippen molar-refractivity contribution in [1.29, 1.82) is 0 Å². The molecule has 0 spiro atoms. The highest BCUT2D eigenvalue weighted by atomic mass is 32.2. The van der Waals surface area contributed by atoms with E-state index in [0.29, 0.717) is 11.4 Å². The fourth-order valence-corrected chi connectivity index (χ4v) is 3.17. The van der Waals surface area contributed by atoms with Gasteiger partial charge in [-0.3, -0.25) is 0 Å². The first-order valence-corrected chi connectivity index (χ1v) is 7.46. The molecule has 19 heavy (non-hydrogen) atoms. The number of nitrogen functional groups attached to an aromatic ring is 1. The molecule has 0 amide bonds. The van der Waals surface area contributed by atoms with E-state index in [4.69, 9.17) is 10.5 Å². The lowest BCUT2D eigenvalue weighted by Gasteiger charge is -2.06. The molecule has 5 nitrogen and oxygen atoms in total. The lowest BCUT2D eigenvalue weighted by atomic mass is 10.2. The predicted molar refractivity (Wildman–Crippen MR) is 81.2 cm³/mol. The van der Waals surface area contributed by atoms with Crippen LogP contribution in [-0.2, 0) is 5.75 Å². The highest BCUT2D eigenvalue weighted by Gasteiger charge is 2.07. The van der Waals surface area contributed by atoms with Crippen LogP contribution in [0.3, 0.4) is 0 Å². The first-order valence-electron chi connectivity index (χ1n) is 5.66. The summed E-state index contributed by atoms with van der Waals surface area (Å²) in [6.45, 7) is 0. The SMILES string of the molecule is COc1ccc(CSc2nnc(N(C)C)s2)cc1N.